The fourth-order valence-electron chi connectivity index (χ4n) is 3.87. The van der Waals surface area contributed by atoms with Gasteiger partial charge in [-0.3, -0.25) is 9.69 Å². The van der Waals surface area contributed by atoms with Crippen molar-refractivity contribution in [3.63, 3.8) is 0 Å². The normalized spacial score (nSPS) is 21.1. The number of carbonyl (C=O) groups is 1. The van der Waals surface area contributed by atoms with Gasteiger partial charge in [0.2, 0.25) is 5.91 Å². The van der Waals surface area contributed by atoms with E-state index in [2.05, 4.69) is 4.90 Å². The molecule has 1 aromatic rings. The summed E-state index contributed by atoms with van der Waals surface area (Å²) in [6, 6.07) is 7.51. The summed E-state index contributed by atoms with van der Waals surface area (Å²) in [7, 11) is 0. The number of phenols is 1. The topological polar surface area (TPSA) is 43.8 Å². The highest BCUT2D eigenvalue weighted by Crippen LogP contribution is 2.33. The summed E-state index contributed by atoms with van der Waals surface area (Å²) < 4.78 is 0. The summed E-state index contributed by atoms with van der Waals surface area (Å²) in [5, 5.41) is 10.3. The van der Waals surface area contributed by atoms with Gasteiger partial charge in [0, 0.05) is 31.1 Å². The molecule has 1 N–H and O–H groups in total. The Labute approximate surface area is 139 Å². The number of carbonyl (C=O) groups excluding carboxylic acids is 1. The molecule has 1 atom stereocenters. The van der Waals surface area contributed by atoms with Gasteiger partial charge < -0.3 is 10.0 Å². The molecule has 0 saturated carbocycles. The molecule has 2 fully saturated rings. The van der Waals surface area contributed by atoms with E-state index < -0.39 is 0 Å². The first kappa shape index (κ1) is 16.3. The zero-order valence-electron chi connectivity index (χ0n) is 13.9. The zero-order valence-corrected chi connectivity index (χ0v) is 13.9. The summed E-state index contributed by atoms with van der Waals surface area (Å²) in [4.78, 5) is 17.2. The maximum Gasteiger partial charge on any atom is 0.224 e. The molecule has 0 aromatic heterocycles. The third-order valence-electron chi connectivity index (χ3n) is 5.20. The van der Waals surface area contributed by atoms with Gasteiger partial charge >= 0.3 is 0 Å². The zero-order chi connectivity index (χ0) is 16.1. The van der Waals surface area contributed by atoms with Crippen LogP contribution in [0.1, 0.15) is 56.6 Å². The van der Waals surface area contributed by atoms with Gasteiger partial charge in [0.1, 0.15) is 5.75 Å². The molecule has 0 spiro atoms. The van der Waals surface area contributed by atoms with E-state index in [0.717, 1.165) is 44.6 Å². The molecule has 2 aliphatic rings. The molecule has 4 nitrogen and oxygen atoms in total. The maximum absolute atomic E-state index is 12.8. The highest BCUT2D eigenvalue weighted by atomic mass is 16.3. The Morgan fingerprint density at radius 3 is 2.22 bits per heavy atom. The second kappa shape index (κ2) is 7.82. The maximum atomic E-state index is 12.8. The minimum atomic E-state index is 0.00549. The van der Waals surface area contributed by atoms with Crippen LogP contribution in [0.2, 0.25) is 0 Å². The molecule has 0 unspecified atom stereocenters. The lowest BCUT2D eigenvalue weighted by atomic mass is 9.97. The molecule has 4 heteroatoms. The van der Waals surface area contributed by atoms with Crippen molar-refractivity contribution in [2.24, 2.45) is 0 Å². The van der Waals surface area contributed by atoms with Crippen LogP contribution in [0.25, 0.3) is 0 Å². The number of piperidine rings is 2. The number of hydrogen-bond donors (Lipinski definition) is 1. The third-order valence-corrected chi connectivity index (χ3v) is 5.20. The van der Waals surface area contributed by atoms with E-state index in [1.165, 1.54) is 25.7 Å². The standard InChI is InChI=1S/C19H28N2O2/c22-18-10-4-3-9-16(18)17(20-11-5-1-6-12-20)15-19(23)21-13-7-2-8-14-21/h3-4,9-10,17,22H,1-2,5-8,11-15H2/t17-/m0/s1. The molecule has 0 bridgehead atoms. The number of benzene rings is 1. The van der Waals surface area contributed by atoms with Gasteiger partial charge in [-0.05, 0) is 51.3 Å². The number of phenolic OH excluding ortho intramolecular Hbond substituents is 1. The fourth-order valence-corrected chi connectivity index (χ4v) is 3.87. The lowest BCUT2D eigenvalue weighted by Crippen LogP contribution is -2.40. The Kier molecular flexibility index (Phi) is 5.55. The predicted molar refractivity (Wildman–Crippen MR) is 91.3 cm³/mol. The minimum absolute atomic E-state index is 0.00549. The smallest absolute Gasteiger partial charge is 0.224 e. The van der Waals surface area contributed by atoms with E-state index in [4.69, 9.17) is 0 Å². The van der Waals surface area contributed by atoms with Crippen molar-refractivity contribution in [2.45, 2.75) is 51.0 Å². The molecule has 2 aliphatic heterocycles. The first-order chi connectivity index (χ1) is 11.3. The molecule has 0 aliphatic carbocycles. The van der Waals surface area contributed by atoms with Crippen LogP contribution in [0.15, 0.2) is 24.3 Å². The first-order valence-electron chi connectivity index (χ1n) is 9.05. The van der Waals surface area contributed by atoms with Gasteiger partial charge in [-0.1, -0.05) is 24.6 Å². The van der Waals surface area contributed by atoms with Crippen molar-refractivity contribution >= 4 is 5.91 Å². The van der Waals surface area contributed by atoms with Crippen LogP contribution in [0.3, 0.4) is 0 Å². The third kappa shape index (κ3) is 4.05. The van der Waals surface area contributed by atoms with Gasteiger partial charge in [0.15, 0.2) is 0 Å². The summed E-state index contributed by atoms with van der Waals surface area (Å²) in [5.74, 6) is 0.554. The SMILES string of the molecule is O=C(C[C@@H](c1ccccc1O)N1CCCCC1)N1CCCCC1. The van der Waals surface area contributed by atoms with Gasteiger partial charge in [0.05, 0.1) is 0 Å². The largest absolute Gasteiger partial charge is 0.508 e. The second-order valence-electron chi connectivity index (χ2n) is 6.82. The Bertz CT molecular complexity index is 520. The number of nitrogens with zero attached hydrogens (tertiary/aromatic N) is 2. The van der Waals surface area contributed by atoms with Crippen LogP contribution in [-0.4, -0.2) is 47.0 Å². The summed E-state index contributed by atoms with van der Waals surface area (Å²) in [6.07, 6.45) is 7.60. The molecule has 1 amide bonds. The number of para-hydroxylation sites is 1. The Balaban J connectivity index is 1.77. The van der Waals surface area contributed by atoms with E-state index >= 15 is 0 Å². The highest BCUT2D eigenvalue weighted by Gasteiger charge is 2.28. The van der Waals surface area contributed by atoms with Gasteiger partial charge in [-0.2, -0.15) is 0 Å². The second-order valence-corrected chi connectivity index (χ2v) is 6.82. The molecule has 23 heavy (non-hydrogen) atoms. The molecule has 2 saturated heterocycles. The van der Waals surface area contributed by atoms with Gasteiger partial charge in [-0.25, -0.2) is 0 Å². The van der Waals surface area contributed by atoms with E-state index in [1.54, 1.807) is 6.07 Å². The van der Waals surface area contributed by atoms with Crippen molar-refractivity contribution in [1.29, 1.82) is 0 Å². The van der Waals surface area contributed by atoms with Crippen molar-refractivity contribution in [1.82, 2.24) is 9.80 Å². The van der Waals surface area contributed by atoms with E-state index in [0.29, 0.717) is 12.2 Å². The van der Waals surface area contributed by atoms with Crippen molar-refractivity contribution < 1.29 is 9.90 Å². The van der Waals surface area contributed by atoms with Crippen molar-refractivity contribution in [2.75, 3.05) is 26.2 Å². The van der Waals surface area contributed by atoms with E-state index in [1.807, 2.05) is 23.1 Å². The average Bonchev–Trinajstić information content (AvgIpc) is 2.62. The number of amides is 1. The first-order valence-corrected chi connectivity index (χ1v) is 9.05. The number of rotatable bonds is 4. The fraction of sp³-hybridized carbons (Fsp3) is 0.632. The molecular weight excluding hydrogens is 288 g/mol. The lowest BCUT2D eigenvalue weighted by molar-refractivity contribution is -0.133. The van der Waals surface area contributed by atoms with E-state index in [-0.39, 0.29) is 11.9 Å². The van der Waals surface area contributed by atoms with Crippen LogP contribution < -0.4 is 0 Å². The molecule has 2 heterocycles. The van der Waals surface area contributed by atoms with Crippen LogP contribution in [0.5, 0.6) is 5.75 Å². The van der Waals surface area contributed by atoms with Crippen LogP contribution in [0, 0.1) is 0 Å². The predicted octanol–water partition coefficient (Wildman–Crippen LogP) is 3.32. The molecule has 3 rings (SSSR count). The average molecular weight is 316 g/mol. The minimum Gasteiger partial charge on any atom is -0.508 e. The van der Waals surface area contributed by atoms with Gasteiger partial charge in [0.25, 0.3) is 0 Å². The van der Waals surface area contributed by atoms with Gasteiger partial charge in [-0.15, -0.1) is 0 Å². The number of hydrogen-bond acceptors (Lipinski definition) is 3. The summed E-state index contributed by atoms with van der Waals surface area (Å²) in [6.45, 7) is 3.83. The number of likely N-dealkylation sites (tertiary alicyclic amines) is 2. The van der Waals surface area contributed by atoms with Crippen molar-refractivity contribution in [3.05, 3.63) is 29.8 Å². The number of aromatic hydroxyl groups is 1. The van der Waals surface area contributed by atoms with Crippen LogP contribution in [-0.2, 0) is 4.79 Å². The highest BCUT2D eigenvalue weighted by molar-refractivity contribution is 5.77. The van der Waals surface area contributed by atoms with Crippen LogP contribution in [0.4, 0.5) is 0 Å². The van der Waals surface area contributed by atoms with Crippen LogP contribution >= 0.6 is 0 Å². The Hall–Kier alpha value is -1.55. The quantitative estimate of drug-likeness (QED) is 0.926. The summed E-state index contributed by atoms with van der Waals surface area (Å²) in [5.41, 5.74) is 0.903. The molecule has 0 radical (unpaired) electrons. The Morgan fingerprint density at radius 2 is 1.57 bits per heavy atom. The lowest BCUT2D eigenvalue weighted by Gasteiger charge is -2.36. The summed E-state index contributed by atoms with van der Waals surface area (Å²) >= 11 is 0. The van der Waals surface area contributed by atoms with E-state index in [9.17, 15) is 9.90 Å². The molecule has 126 valence electrons. The Morgan fingerprint density at radius 1 is 0.957 bits per heavy atom. The monoisotopic (exact) mass is 316 g/mol. The van der Waals surface area contributed by atoms with Crippen molar-refractivity contribution in [3.8, 4) is 5.75 Å². The molecular formula is C19H28N2O2. The molecule has 1 aromatic carbocycles.